The standard InChI is InChI=1S/C32H34N2O7S/c1-32(2,3)41-30(35)19-29(23-8-10-24(11-9-23)31(36)40-5)42(37,38)34(21-22-6-14-28(39-4)15-7-22)27-13-12-26-20-33-17-16-25(26)18-27/h6-18,20,29H,19,21H2,1-5H3. The van der Waals surface area contributed by atoms with Crippen LogP contribution in [0.5, 0.6) is 5.75 Å². The maximum Gasteiger partial charge on any atom is 0.337 e. The lowest BCUT2D eigenvalue weighted by Gasteiger charge is -2.30. The summed E-state index contributed by atoms with van der Waals surface area (Å²) >= 11 is 0. The summed E-state index contributed by atoms with van der Waals surface area (Å²) in [5.74, 6) is -0.582. The molecule has 220 valence electrons. The molecular formula is C32H34N2O7S. The summed E-state index contributed by atoms with van der Waals surface area (Å²) in [4.78, 5) is 29.3. The van der Waals surface area contributed by atoms with Gasteiger partial charge in [0.1, 0.15) is 16.6 Å². The third kappa shape index (κ3) is 7.25. The van der Waals surface area contributed by atoms with Gasteiger partial charge in [0.2, 0.25) is 10.0 Å². The number of methoxy groups -OCH3 is 2. The van der Waals surface area contributed by atoms with Gasteiger partial charge in [-0.1, -0.05) is 30.3 Å². The van der Waals surface area contributed by atoms with Crippen molar-refractivity contribution >= 4 is 38.4 Å². The lowest BCUT2D eigenvalue weighted by molar-refractivity contribution is -0.154. The Labute approximate surface area is 246 Å². The molecule has 10 heteroatoms. The summed E-state index contributed by atoms with van der Waals surface area (Å²) in [6.07, 6.45) is 2.91. The highest BCUT2D eigenvalue weighted by Gasteiger charge is 2.37. The molecule has 3 aromatic carbocycles. The van der Waals surface area contributed by atoms with Gasteiger partial charge in [-0.15, -0.1) is 0 Å². The van der Waals surface area contributed by atoms with Crippen LogP contribution in [-0.4, -0.2) is 45.2 Å². The molecule has 0 aliphatic heterocycles. The van der Waals surface area contributed by atoms with Gasteiger partial charge in [0.05, 0.1) is 38.4 Å². The molecule has 0 saturated heterocycles. The number of benzene rings is 3. The minimum atomic E-state index is -4.27. The van der Waals surface area contributed by atoms with Gasteiger partial charge in [-0.25, -0.2) is 13.2 Å². The van der Waals surface area contributed by atoms with Gasteiger partial charge in [-0.3, -0.25) is 14.1 Å². The van der Waals surface area contributed by atoms with Crippen molar-refractivity contribution in [1.82, 2.24) is 4.98 Å². The van der Waals surface area contributed by atoms with Crippen LogP contribution in [0.1, 0.15) is 53.9 Å². The molecule has 9 nitrogen and oxygen atoms in total. The van der Waals surface area contributed by atoms with Crippen molar-refractivity contribution in [2.45, 2.75) is 44.6 Å². The molecular weight excluding hydrogens is 556 g/mol. The van der Waals surface area contributed by atoms with Crippen LogP contribution in [0.25, 0.3) is 10.8 Å². The molecule has 0 aliphatic carbocycles. The van der Waals surface area contributed by atoms with E-state index in [9.17, 15) is 18.0 Å². The van der Waals surface area contributed by atoms with Crippen molar-refractivity contribution in [1.29, 1.82) is 0 Å². The van der Waals surface area contributed by atoms with Crippen molar-refractivity contribution in [3.63, 3.8) is 0 Å². The first-order valence-corrected chi connectivity index (χ1v) is 14.8. The zero-order valence-electron chi connectivity index (χ0n) is 24.2. The van der Waals surface area contributed by atoms with E-state index in [2.05, 4.69) is 4.98 Å². The van der Waals surface area contributed by atoms with Crippen LogP contribution in [-0.2, 0) is 30.8 Å². The molecule has 0 N–H and O–H groups in total. The molecule has 0 fully saturated rings. The van der Waals surface area contributed by atoms with Gasteiger partial charge in [-0.05, 0) is 79.7 Å². The van der Waals surface area contributed by atoms with Gasteiger partial charge in [0, 0.05) is 17.8 Å². The van der Waals surface area contributed by atoms with Crippen LogP contribution in [0.2, 0.25) is 0 Å². The summed E-state index contributed by atoms with van der Waals surface area (Å²) in [5, 5.41) is 0.348. The molecule has 42 heavy (non-hydrogen) atoms. The number of fused-ring (bicyclic) bond motifs is 1. The van der Waals surface area contributed by atoms with E-state index in [0.717, 1.165) is 10.8 Å². The Kier molecular flexibility index (Phi) is 9.16. The van der Waals surface area contributed by atoms with Crippen LogP contribution in [0.4, 0.5) is 5.69 Å². The highest BCUT2D eigenvalue weighted by atomic mass is 32.2. The fourth-order valence-electron chi connectivity index (χ4n) is 4.49. The van der Waals surface area contributed by atoms with E-state index in [-0.39, 0.29) is 12.1 Å². The monoisotopic (exact) mass is 590 g/mol. The summed E-state index contributed by atoms with van der Waals surface area (Å²) < 4.78 is 46.2. The minimum Gasteiger partial charge on any atom is -0.497 e. The Morgan fingerprint density at radius 1 is 0.905 bits per heavy atom. The van der Waals surface area contributed by atoms with E-state index in [1.54, 1.807) is 82.7 Å². The first-order chi connectivity index (χ1) is 19.9. The molecule has 4 rings (SSSR count). The first kappa shape index (κ1) is 30.5. The number of anilines is 1. The van der Waals surface area contributed by atoms with Crippen molar-refractivity contribution in [2.24, 2.45) is 0 Å². The van der Waals surface area contributed by atoms with E-state index < -0.39 is 39.2 Å². The van der Waals surface area contributed by atoms with Crippen LogP contribution in [0.3, 0.4) is 0 Å². The Hall–Kier alpha value is -4.44. The number of esters is 2. The normalized spacial score (nSPS) is 12.4. The van der Waals surface area contributed by atoms with E-state index in [1.165, 1.54) is 35.7 Å². The number of carbonyl (C=O) groups is 2. The molecule has 0 spiro atoms. The van der Waals surface area contributed by atoms with Gasteiger partial charge in [-0.2, -0.15) is 0 Å². The Morgan fingerprint density at radius 3 is 2.21 bits per heavy atom. The SMILES string of the molecule is COC(=O)c1ccc(C(CC(=O)OC(C)(C)C)S(=O)(=O)N(Cc2ccc(OC)cc2)c2ccc3cnccc3c2)cc1. The number of carbonyl (C=O) groups excluding carboxylic acids is 2. The second-order valence-corrected chi connectivity index (χ2v) is 12.7. The van der Waals surface area contributed by atoms with E-state index in [4.69, 9.17) is 14.2 Å². The molecule has 0 aliphatic rings. The van der Waals surface area contributed by atoms with Crippen molar-refractivity contribution in [3.05, 3.63) is 102 Å². The van der Waals surface area contributed by atoms with E-state index in [0.29, 0.717) is 22.6 Å². The molecule has 0 saturated carbocycles. The molecule has 1 aromatic heterocycles. The molecule has 0 radical (unpaired) electrons. The molecule has 4 aromatic rings. The summed E-state index contributed by atoms with van der Waals surface area (Å²) in [7, 11) is -1.45. The lowest BCUT2D eigenvalue weighted by atomic mass is 10.1. The fraction of sp³-hybridized carbons (Fsp3) is 0.281. The van der Waals surface area contributed by atoms with Crippen LogP contribution >= 0.6 is 0 Å². The number of rotatable bonds is 10. The van der Waals surface area contributed by atoms with Crippen molar-refractivity contribution in [2.75, 3.05) is 18.5 Å². The van der Waals surface area contributed by atoms with Gasteiger partial charge in [0.25, 0.3) is 0 Å². The molecule has 0 amide bonds. The topological polar surface area (TPSA) is 112 Å². The predicted molar refractivity (Wildman–Crippen MR) is 161 cm³/mol. The Bertz CT molecular complexity index is 1660. The van der Waals surface area contributed by atoms with Crippen molar-refractivity contribution < 1.29 is 32.2 Å². The molecule has 1 atom stereocenters. The number of pyridine rings is 1. The van der Waals surface area contributed by atoms with Crippen LogP contribution < -0.4 is 9.04 Å². The smallest absolute Gasteiger partial charge is 0.337 e. The van der Waals surface area contributed by atoms with Crippen LogP contribution in [0.15, 0.2) is 85.2 Å². The highest BCUT2D eigenvalue weighted by Crippen LogP contribution is 2.36. The maximum atomic E-state index is 14.7. The first-order valence-electron chi connectivity index (χ1n) is 13.3. The van der Waals surface area contributed by atoms with Gasteiger partial charge in [0.15, 0.2) is 0 Å². The van der Waals surface area contributed by atoms with Crippen LogP contribution in [0, 0.1) is 0 Å². The third-order valence-electron chi connectivity index (χ3n) is 6.54. The summed E-state index contributed by atoms with van der Waals surface area (Å²) in [6, 6.07) is 20.2. The number of aromatic nitrogens is 1. The third-order valence-corrected chi connectivity index (χ3v) is 8.65. The largest absolute Gasteiger partial charge is 0.497 e. The van der Waals surface area contributed by atoms with E-state index in [1.807, 2.05) is 6.07 Å². The molecule has 1 unspecified atom stereocenters. The number of ether oxygens (including phenoxy) is 3. The average Bonchev–Trinajstić information content (AvgIpc) is 2.97. The van der Waals surface area contributed by atoms with Gasteiger partial charge >= 0.3 is 11.9 Å². The maximum absolute atomic E-state index is 14.7. The zero-order valence-corrected chi connectivity index (χ0v) is 25.1. The highest BCUT2D eigenvalue weighted by molar-refractivity contribution is 7.93. The second-order valence-electron chi connectivity index (χ2n) is 10.7. The van der Waals surface area contributed by atoms with Crippen molar-refractivity contribution in [3.8, 4) is 5.75 Å². The summed E-state index contributed by atoms with van der Waals surface area (Å²) in [6.45, 7) is 5.16. The number of hydrogen-bond donors (Lipinski definition) is 0. The summed E-state index contributed by atoms with van der Waals surface area (Å²) in [5.41, 5.74) is 0.914. The zero-order chi connectivity index (χ0) is 30.5. The Balaban J connectivity index is 1.84. The fourth-order valence-corrected chi connectivity index (χ4v) is 6.38. The number of nitrogens with zero attached hydrogens (tertiary/aromatic N) is 2. The number of hydrogen-bond acceptors (Lipinski definition) is 8. The lowest BCUT2D eigenvalue weighted by Crippen LogP contribution is -2.36. The average molecular weight is 591 g/mol. The van der Waals surface area contributed by atoms with E-state index >= 15 is 0 Å². The molecule has 0 bridgehead atoms. The predicted octanol–water partition coefficient (Wildman–Crippen LogP) is 5.84. The quantitative estimate of drug-likeness (QED) is 0.212. The number of sulfonamides is 1. The molecule has 1 heterocycles. The van der Waals surface area contributed by atoms with Gasteiger partial charge < -0.3 is 14.2 Å². The Morgan fingerprint density at radius 2 is 1.60 bits per heavy atom. The minimum absolute atomic E-state index is 0.00597. The second kappa shape index (κ2) is 12.6.